The zero-order chi connectivity index (χ0) is 14.0. The third-order valence-corrected chi connectivity index (χ3v) is 4.36. The van der Waals surface area contributed by atoms with Gasteiger partial charge < -0.3 is 10.5 Å². The van der Waals surface area contributed by atoms with Crippen LogP contribution in [0.2, 0.25) is 8.67 Å². The minimum Gasteiger partial charge on any atom is -0.378 e. The molecule has 1 unspecified atom stereocenters. The van der Waals surface area contributed by atoms with E-state index in [1.54, 1.807) is 4.90 Å². The lowest BCUT2D eigenvalue weighted by Crippen LogP contribution is -2.53. The normalized spacial score (nSPS) is 20.4. The van der Waals surface area contributed by atoms with Crippen molar-refractivity contribution >= 4 is 46.2 Å². The summed E-state index contributed by atoms with van der Waals surface area (Å²) in [5, 5.41) is 0. The Morgan fingerprint density at radius 2 is 2.26 bits per heavy atom. The molecular formula is C11H12Cl2N2O3S. The maximum Gasteiger partial charge on any atom is 0.237 e. The molecule has 5 nitrogen and oxygen atoms in total. The molecule has 2 rings (SSSR count). The van der Waals surface area contributed by atoms with Gasteiger partial charge in [-0.3, -0.25) is 14.5 Å². The van der Waals surface area contributed by atoms with Gasteiger partial charge in [-0.15, -0.1) is 11.3 Å². The second-order valence-corrected chi connectivity index (χ2v) is 6.41. The molecule has 104 valence electrons. The van der Waals surface area contributed by atoms with Gasteiger partial charge in [0.05, 0.1) is 29.7 Å². The van der Waals surface area contributed by atoms with E-state index in [0.29, 0.717) is 27.4 Å². The first kappa shape index (κ1) is 14.7. The van der Waals surface area contributed by atoms with Crippen LogP contribution in [-0.4, -0.2) is 48.9 Å². The zero-order valence-corrected chi connectivity index (χ0v) is 12.2. The van der Waals surface area contributed by atoms with Crippen LogP contribution in [0.3, 0.4) is 0 Å². The second kappa shape index (κ2) is 6.19. The number of amides is 1. The van der Waals surface area contributed by atoms with Crippen LogP contribution in [0.1, 0.15) is 10.4 Å². The third kappa shape index (κ3) is 3.46. The van der Waals surface area contributed by atoms with Gasteiger partial charge in [-0.05, 0) is 6.07 Å². The van der Waals surface area contributed by atoms with Crippen molar-refractivity contribution in [2.24, 2.45) is 5.73 Å². The predicted octanol–water partition coefficient (Wildman–Crippen LogP) is 1.42. The number of primary amides is 1. The average molecular weight is 323 g/mol. The molecule has 1 aromatic rings. The van der Waals surface area contributed by atoms with Gasteiger partial charge in [0.1, 0.15) is 10.4 Å². The number of nitrogens with zero attached hydrogens (tertiary/aromatic N) is 1. The van der Waals surface area contributed by atoms with Crippen LogP contribution in [0.25, 0.3) is 0 Å². The number of halogens is 2. The Balaban J connectivity index is 2.09. The number of nitrogens with two attached hydrogens (primary N) is 1. The molecule has 1 amide bonds. The number of hydrogen-bond acceptors (Lipinski definition) is 5. The fourth-order valence-electron chi connectivity index (χ4n) is 1.89. The van der Waals surface area contributed by atoms with Crippen LogP contribution in [0.15, 0.2) is 6.07 Å². The Morgan fingerprint density at radius 3 is 2.84 bits per heavy atom. The van der Waals surface area contributed by atoms with Gasteiger partial charge in [-0.25, -0.2) is 0 Å². The third-order valence-electron chi connectivity index (χ3n) is 2.87. The Morgan fingerprint density at radius 1 is 1.53 bits per heavy atom. The summed E-state index contributed by atoms with van der Waals surface area (Å²) in [4.78, 5) is 25.1. The molecule has 0 aromatic carbocycles. The van der Waals surface area contributed by atoms with Gasteiger partial charge >= 0.3 is 0 Å². The predicted molar refractivity (Wildman–Crippen MR) is 74.0 cm³/mol. The summed E-state index contributed by atoms with van der Waals surface area (Å²) in [6.07, 6.45) is 0. The molecule has 0 aliphatic carbocycles. The topological polar surface area (TPSA) is 72.6 Å². The maximum atomic E-state index is 12.1. The summed E-state index contributed by atoms with van der Waals surface area (Å²) in [5.41, 5.74) is 5.67. The SMILES string of the molecule is NC(=O)C1COCCN1CC(=O)c1cc(Cl)sc1Cl. The minimum absolute atomic E-state index is 0.0732. The summed E-state index contributed by atoms with van der Waals surface area (Å²) in [6.45, 7) is 1.23. The van der Waals surface area contributed by atoms with Crippen molar-refractivity contribution in [3.05, 3.63) is 20.3 Å². The van der Waals surface area contributed by atoms with Crippen molar-refractivity contribution in [3.63, 3.8) is 0 Å². The number of ketones is 1. The van der Waals surface area contributed by atoms with Crippen LogP contribution >= 0.6 is 34.5 Å². The highest BCUT2D eigenvalue weighted by Crippen LogP contribution is 2.31. The van der Waals surface area contributed by atoms with Crippen molar-refractivity contribution in [2.45, 2.75) is 6.04 Å². The lowest BCUT2D eigenvalue weighted by Gasteiger charge is -2.32. The first-order valence-electron chi connectivity index (χ1n) is 5.58. The number of thiophene rings is 1. The molecule has 0 spiro atoms. The number of hydrogen-bond donors (Lipinski definition) is 1. The summed E-state index contributed by atoms with van der Waals surface area (Å²) in [6, 6.07) is 0.960. The van der Waals surface area contributed by atoms with Gasteiger partial charge in [0.15, 0.2) is 5.78 Å². The Labute approximate surface area is 124 Å². The summed E-state index contributed by atoms with van der Waals surface area (Å²) in [5.74, 6) is -0.678. The standard InChI is InChI=1S/C11H12Cl2N2O3S/c12-9-3-6(10(13)19-9)8(16)4-15-1-2-18-5-7(15)11(14)17/h3,7H,1-2,4-5H2,(H2,14,17). The summed E-state index contributed by atoms with van der Waals surface area (Å²) >= 11 is 12.9. The molecule has 1 saturated heterocycles. The number of Topliss-reactive ketones (excluding diaryl/α,β-unsaturated/α-hetero) is 1. The van der Waals surface area contributed by atoms with E-state index in [2.05, 4.69) is 0 Å². The van der Waals surface area contributed by atoms with E-state index in [-0.39, 0.29) is 18.9 Å². The number of ether oxygens (including phenoxy) is 1. The van der Waals surface area contributed by atoms with E-state index in [1.807, 2.05) is 0 Å². The molecule has 1 fully saturated rings. The van der Waals surface area contributed by atoms with Crippen LogP contribution in [0.4, 0.5) is 0 Å². The van der Waals surface area contributed by atoms with Crippen molar-refractivity contribution < 1.29 is 14.3 Å². The lowest BCUT2D eigenvalue weighted by molar-refractivity contribution is -0.128. The van der Waals surface area contributed by atoms with Crippen molar-refractivity contribution in [1.82, 2.24) is 4.90 Å². The smallest absolute Gasteiger partial charge is 0.237 e. The van der Waals surface area contributed by atoms with E-state index >= 15 is 0 Å². The molecule has 1 aliphatic heterocycles. The van der Waals surface area contributed by atoms with Crippen LogP contribution < -0.4 is 5.73 Å². The van der Waals surface area contributed by atoms with Crippen molar-refractivity contribution in [3.8, 4) is 0 Å². The van der Waals surface area contributed by atoms with E-state index in [1.165, 1.54) is 6.07 Å². The molecule has 19 heavy (non-hydrogen) atoms. The molecule has 0 bridgehead atoms. The highest BCUT2D eigenvalue weighted by Gasteiger charge is 2.30. The molecule has 0 radical (unpaired) electrons. The van der Waals surface area contributed by atoms with Gasteiger partial charge in [-0.1, -0.05) is 23.2 Å². The Bertz CT molecular complexity index is 506. The number of carbonyl (C=O) groups excluding carboxylic acids is 2. The number of morpholine rings is 1. The first-order valence-corrected chi connectivity index (χ1v) is 7.15. The zero-order valence-electron chi connectivity index (χ0n) is 9.90. The quantitative estimate of drug-likeness (QED) is 0.851. The highest BCUT2D eigenvalue weighted by atomic mass is 35.5. The van der Waals surface area contributed by atoms with Crippen LogP contribution in [-0.2, 0) is 9.53 Å². The molecule has 8 heteroatoms. The first-order chi connectivity index (χ1) is 8.99. The van der Waals surface area contributed by atoms with E-state index < -0.39 is 11.9 Å². The summed E-state index contributed by atoms with van der Waals surface area (Å²) in [7, 11) is 0. The highest BCUT2D eigenvalue weighted by molar-refractivity contribution is 7.20. The van der Waals surface area contributed by atoms with Gasteiger partial charge in [0.25, 0.3) is 0 Å². The number of carbonyl (C=O) groups is 2. The van der Waals surface area contributed by atoms with Crippen LogP contribution in [0, 0.1) is 0 Å². The fraction of sp³-hybridized carbons (Fsp3) is 0.455. The largest absolute Gasteiger partial charge is 0.378 e. The van der Waals surface area contributed by atoms with E-state index in [9.17, 15) is 9.59 Å². The maximum absolute atomic E-state index is 12.1. The molecule has 1 aromatic heterocycles. The molecular weight excluding hydrogens is 311 g/mol. The monoisotopic (exact) mass is 322 g/mol. The van der Waals surface area contributed by atoms with Gasteiger partial charge in [-0.2, -0.15) is 0 Å². The van der Waals surface area contributed by atoms with Crippen molar-refractivity contribution in [1.29, 1.82) is 0 Å². The summed E-state index contributed by atoms with van der Waals surface area (Å²) < 4.78 is 6.01. The van der Waals surface area contributed by atoms with Crippen LogP contribution in [0.5, 0.6) is 0 Å². The van der Waals surface area contributed by atoms with E-state index in [0.717, 1.165) is 11.3 Å². The Hall–Kier alpha value is -0.660. The van der Waals surface area contributed by atoms with E-state index in [4.69, 9.17) is 33.7 Å². The minimum atomic E-state index is -0.578. The number of rotatable bonds is 4. The van der Waals surface area contributed by atoms with Gasteiger partial charge in [0.2, 0.25) is 5.91 Å². The lowest BCUT2D eigenvalue weighted by atomic mass is 10.1. The molecule has 1 atom stereocenters. The molecule has 0 saturated carbocycles. The second-order valence-electron chi connectivity index (χ2n) is 4.12. The van der Waals surface area contributed by atoms with Gasteiger partial charge in [0, 0.05) is 6.54 Å². The fourth-order valence-corrected chi connectivity index (χ4v) is 3.39. The average Bonchev–Trinajstić information content (AvgIpc) is 2.69. The van der Waals surface area contributed by atoms with Crippen molar-refractivity contribution in [2.75, 3.05) is 26.3 Å². The molecule has 2 N–H and O–H groups in total. The molecule has 2 heterocycles. The molecule has 1 aliphatic rings. The Kier molecular flexibility index (Phi) is 4.81.